The summed E-state index contributed by atoms with van der Waals surface area (Å²) in [5.74, 6) is -7.62. The molecule has 5 saturated heterocycles. The molecule has 0 aromatic carbocycles. The lowest BCUT2D eigenvalue weighted by molar-refractivity contribution is -0.420. The van der Waals surface area contributed by atoms with E-state index < -0.39 is 216 Å². The van der Waals surface area contributed by atoms with Gasteiger partial charge in [0.25, 0.3) is 0 Å². The molecule has 0 saturated carbocycles. The maximum atomic E-state index is 13.3. The van der Waals surface area contributed by atoms with E-state index in [0.29, 0.717) is 0 Å². The van der Waals surface area contributed by atoms with Crippen LogP contribution in [0.2, 0.25) is 0 Å². The second kappa shape index (κ2) is 23.8. The van der Waals surface area contributed by atoms with Crippen LogP contribution >= 0.6 is 0 Å². The van der Waals surface area contributed by atoms with Crippen molar-refractivity contribution in [3.63, 3.8) is 0 Å². The number of aliphatic hydroxyl groups excluding tert-OH is 16. The van der Waals surface area contributed by atoms with Crippen LogP contribution in [0.15, 0.2) is 0 Å². The number of carboxylic acid groups (broad SMARTS) is 1. The third-order valence-corrected chi connectivity index (χ3v) is 12.1. The first-order valence-corrected chi connectivity index (χ1v) is 21.2. The van der Waals surface area contributed by atoms with Crippen LogP contribution in [0.5, 0.6) is 0 Å². The number of amides is 2. The Morgan fingerprint density at radius 1 is 0.588 bits per heavy atom. The Morgan fingerprint density at radius 2 is 1.09 bits per heavy atom. The molecule has 5 heterocycles. The summed E-state index contributed by atoms with van der Waals surface area (Å²) in [7, 11) is 0. The van der Waals surface area contributed by atoms with Gasteiger partial charge in [-0.1, -0.05) is 0 Å². The van der Waals surface area contributed by atoms with Crippen molar-refractivity contribution < 1.29 is 144 Å². The number of carbonyl (C=O) groups is 3. The van der Waals surface area contributed by atoms with Gasteiger partial charge >= 0.3 is 0 Å². The smallest absolute Gasteiger partial charge is 0.217 e. The molecular weight excluding hydrogens is 936 g/mol. The summed E-state index contributed by atoms with van der Waals surface area (Å²) in [6.07, 6.45) is -49.0. The van der Waals surface area contributed by atoms with E-state index in [2.05, 4.69) is 10.6 Å². The summed E-state index contributed by atoms with van der Waals surface area (Å²) >= 11 is 0. The number of nitrogens with one attached hydrogen (secondary N) is 2. The molecule has 5 aliphatic heterocycles. The first kappa shape index (κ1) is 56.3. The predicted molar refractivity (Wildman–Crippen MR) is 204 cm³/mol. The molecule has 0 bridgehead atoms. The Morgan fingerprint density at radius 3 is 1.65 bits per heavy atom. The van der Waals surface area contributed by atoms with E-state index in [-0.39, 0.29) is 0 Å². The van der Waals surface area contributed by atoms with Crippen LogP contribution in [0, 0.1) is 0 Å². The average Bonchev–Trinajstić information content (AvgIpc) is 3.29. The SMILES string of the molecule is CC(=O)N[C@H]1[C@H](O[C@@H]2[C@H](O[C@]3(C(=O)[O-])C[C@H](O)[C@@H](NC(C)=O)[C@H]([C@H](O)[C@H](O)CO)O3)[C@@H](O)[C@H](O[C@H]3[C@H](O)[C@@H](O)[C@H](O)O[C@@H]3CO)O[C@@H]2CO)O[C@H](CO)[C@H](O)[C@@H]1O[C@@H]1O[C@H](CO)[C@H](O)[C@H](O)[C@H]1O. The van der Waals surface area contributed by atoms with Crippen LogP contribution in [-0.2, 0) is 57.0 Å². The molecule has 26 atom stereocenters. The first-order chi connectivity index (χ1) is 32.0. The van der Waals surface area contributed by atoms with Gasteiger partial charge in [-0.15, -0.1) is 0 Å². The van der Waals surface area contributed by atoms with Gasteiger partial charge in [-0.05, 0) is 0 Å². The third kappa shape index (κ3) is 11.8. The number of aliphatic hydroxyl groups is 16. The third-order valence-electron chi connectivity index (χ3n) is 12.1. The fourth-order valence-electron chi connectivity index (χ4n) is 8.53. The molecule has 31 heteroatoms. The molecule has 31 nitrogen and oxygen atoms in total. The Balaban J connectivity index is 1.61. The molecule has 5 fully saturated rings. The summed E-state index contributed by atoms with van der Waals surface area (Å²) in [5.41, 5.74) is 0. The number of carbonyl (C=O) groups excluding carboxylic acids is 3. The van der Waals surface area contributed by atoms with Crippen molar-refractivity contribution in [2.45, 2.75) is 179 Å². The van der Waals surface area contributed by atoms with E-state index in [0.717, 1.165) is 13.8 Å². The Hall–Kier alpha value is -2.59. The molecule has 0 aromatic heterocycles. The van der Waals surface area contributed by atoms with Crippen molar-refractivity contribution in [3.05, 3.63) is 0 Å². The van der Waals surface area contributed by atoms with Gasteiger partial charge in [0.2, 0.25) is 17.6 Å². The summed E-state index contributed by atoms with van der Waals surface area (Å²) in [6, 6.07) is -3.63. The number of carboxylic acids is 1. The number of hydrogen-bond donors (Lipinski definition) is 18. The van der Waals surface area contributed by atoms with Gasteiger partial charge in [0, 0.05) is 20.3 Å². The van der Waals surface area contributed by atoms with Crippen LogP contribution in [0.3, 0.4) is 0 Å². The molecule has 0 unspecified atom stereocenters. The van der Waals surface area contributed by atoms with E-state index in [1.165, 1.54) is 0 Å². The van der Waals surface area contributed by atoms with Gasteiger partial charge in [0.15, 0.2) is 25.2 Å². The van der Waals surface area contributed by atoms with Crippen LogP contribution < -0.4 is 15.7 Å². The van der Waals surface area contributed by atoms with Crippen molar-refractivity contribution >= 4 is 17.8 Å². The van der Waals surface area contributed by atoms with Crippen molar-refractivity contribution in [3.8, 4) is 0 Å². The highest BCUT2D eigenvalue weighted by atomic mass is 16.8. The molecule has 5 aliphatic rings. The molecule has 394 valence electrons. The lowest BCUT2D eigenvalue weighted by Gasteiger charge is -2.54. The molecule has 0 spiro atoms. The largest absolute Gasteiger partial charge is 0.544 e. The fourth-order valence-corrected chi connectivity index (χ4v) is 8.53. The highest BCUT2D eigenvalue weighted by molar-refractivity contribution is 5.75. The second-order valence-electron chi connectivity index (χ2n) is 16.8. The lowest BCUT2D eigenvalue weighted by Crippen LogP contribution is -2.73. The van der Waals surface area contributed by atoms with Crippen LogP contribution in [0.1, 0.15) is 20.3 Å². The summed E-state index contributed by atoms with van der Waals surface area (Å²) in [4.78, 5) is 38.2. The van der Waals surface area contributed by atoms with Gasteiger partial charge in [-0.2, -0.15) is 0 Å². The topological polar surface area (TPSA) is 505 Å². The molecule has 0 radical (unpaired) electrons. The van der Waals surface area contributed by atoms with Crippen molar-refractivity contribution in [2.75, 3.05) is 33.0 Å². The summed E-state index contributed by atoms with van der Waals surface area (Å²) in [5, 5.41) is 187. The summed E-state index contributed by atoms with van der Waals surface area (Å²) < 4.78 is 51.4. The quantitative estimate of drug-likeness (QED) is 0.0606. The normalized spacial score (nSPS) is 46.6. The van der Waals surface area contributed by atoms with Crippen molar-refractivity contribution in [2.24, 2.45) is 0 Å². The monoisotopic (exact) mass is 997 g/mol. The van der Waals surface area contributed by atoms with Crippen LogP contribution in [0.4, 0.5) is 0 Å². The first-order valence-electron chi connectivity index (χ1n) is 21.2. The molecular formula is C37H61N2O29-. The lowest BCUT2D eigenvalue weighted by atomic mass is 9.88. The van der Waals surface area contributed by atoms with E-state index in [9.17, 15) is 101 Å². The predicted octanol–water partition coefficient (Wildman–Crippen LogP) is -13.8. The summed E-state index contributed by atoms with van der Waals surface area (Å²) in [6.45, 7) is -3.55. The maximum absolute atomic E-state index is 13.3. The Labute approximate surface area is 384 Å². The zero-order chi connectivity index (χ0) is 50.7. The van der Waals surface area contributed by atoms with E-state index >= 15 is 0 Å². The molecule has 68 heavy (non-hydrogen) atoms. The number of hydrogen-bond acceptors (Lipinski definition) is 29. The van der Waals surface area contributed by atoms with E-state index in [1.807, 2.05) is 0 Å². The number of aliphatic carboxylic acids is 1. The van der Waals surface area contributed by atoms with Crippen molar-refractivity contribution in [1.82, 2.24) is 10.6 Å². The van der Waals surface area contributed by atoms with Gasteiger partial charge in [0.1, 0.15) is 122 Å². The maximum Gasteiger partial charge on any atom is 0.217 e. The zero-order valence-electron chi connectivity index (χ0n) is 36.1. The minimum absolute atomic E-state index is 0.872. The molecule has 2 amide bonds. The fraction of sp³-hybridized carbons (Fsp3) is 0.919. The van der Waals surface area contributed by atoms with Gasteiger partial charge in [-0.3, -0.25) is 9.59 Å². The second-order valence-corrected chi connectivity index (χ2v) is 16.8. The average molecular weight is 998 g/mol. The van der Waals surface area contributed by atoms with E-state index in [1.54, 1.807) is 0 Å². The van der Waals surface area contributed by atoms with Crippen molar-refractivity contribution in [1.29, 1.82) is 0 Å². The minimum Gasteiger partial charge on any atom is -0.544 e. The van der Waals surface area contributed by atoms with Gasteiger partial charge in [-0.25, -0.2) is 0 Å². The number of ether oxygens (including phenoxy) is 9. The molecule has 18 N–H and O–H groups in total. The molecule has 0 aromatic rings. The molecule has 5 rings (SSSR count). The highest BCUT2D eigenvalue weighted by Crippen LogP contribution is 2.40. The highest BCUT2D eigenvalue weighted by Gasteiger charge is 2.60. The number of rotatable bonds is 18. The van der Waals surface area contributed by atoms with E-state index in [4.69, 9.17) is 42.6 Å². The molecule has 0 aliphatic carbocycles. The standard InChI is InChI=1S/C37H62N2O29/c1-9(45)38-17-11(47)3-37(36(58)59,67-30(17)19(49)12(48)4-40)68-31-26(56)35(64-27-15(7-43)60-32(57)24(54)23(27)53)63-16(8-44)28(31)65-33-18(39-10(2)46)29(21(51)14(6-42)61-33)66-34-25(55)22(52)20(50)13(5-41)62-34/h11-35,40-44,47-57H,3-8H2,1-2H3,(H,38,45)(H,39,46)(H,58,59)/p-1/t11-,12+,13+,14+,15+,16+,17+,18+,19+,20-,21-,22-,23+,24+,25+,26+,27+,28-,29+,30+,31+,32+,33-,34-,35-,37-/m0/s1. The minimum atomic E-state index is -3.44. The van der Waals surface area contributed by atoms with Crippen LogP contribution in [0.25, 0.3) is 0 Å². The Kier molecular flexibility index (Phi) is 19.7. The van der Waals surface area contributed by atoms with Crippen LogP contribution in [-0.4, -0.2) is 292 Å². The van der Waals surface area contributed by atoms with Gasteiger partial charge in [0.05, 0.1) is 45.2 Å². The van der Waals surface area contributed by atoms with Gasteiger partial charge < -0.3 is 145 Å². The zero-order valence-corrected chi connectivity index (χ0v) is 36.1. The Bertz CT molecular complexity index is 1650.